The minimum atomic E-state index is -0.475. The molecule has 4 heteroatoms. The van der Waals surface area contributed by atoms with Crippen molar-refractivity contribution in [3.05, 3.63) is 22.4 Å². The molecule has 1 heterocycles. The van der Waals surface area contributed by atoms with Crippen molar-refractivity contribution in [1.82, 2.24) is 5.32 Å². The summed E-state index contributed by atoms with van der Waals surface area (Å²) in [4.78, 5) is 11.8. The van der Waals surface area contributed by atoms with E-state index in [0.717, 1.165) is 31.2 Å². The topological polar surface area (TPSA) is 55.1 Å². The van der Waals surface area contributed by atoms with Crippen LogP contribution in [0, 0.1) is 0 Å². The van der Waals surface area contributed by atoms with E-state index in [2.05, 4.69) is 5.32 Å². The first kappa shape index (κ1) is 10.6. The first-order chi connectivity index (χ1) is 7.20. The van der Waals surface area contributed by atoms with Crippen LogP contribution in [0.3, 0.4) is 0 Å². The summed E-state index contributed by atoms with van der Waals surface area (Å²) in [6.07, 6.45) is 5.24. The molecule has 0 aliphatic heterocycles. The van der Waals surface area contributed by atoms with Crippen LogP contribution in [-0.2, 0) is 0 Å². The van der Waals surface area contributed by atoms with Gasteiger partial charge in [-0.2, -0.15) is 11.3 Å². The zero-order valence-electron chi connectivity index (χ0n) is 8.66. The second-order valence-corrected chi connectivity index (χ2v) is 4.96. The molecule has 0 bridgehead atoms. The molecule has 0 aromatic carbocycles. The van der Waals surface area contributed by atoms with Crippen LogP contribution in [-0.4, -0.2) is 11.6 Å². The Kier molecular flexibility index (Phi) is 3.07. The van der Waals surface area contributed by atoms with Gasteiger partial charge in [-0.15, -0.1) is 0 Å². The second-order valence-electron chi connectivity index (χ2n) is 4.18. The summed E-state index contributed by atoms with van der Waals surface area (Å²) < 4.78 is 0. The number of nitrogens with one attached hydrogen (secondary N) is 1. The maximum Gasteiger partial charge on any atom is 0.253 e. The predicted molar refractivity (Wildman–Crippen MR) is 61.8 cm³/mol. The lowest BCUT2D eigenvalue weighted by atomic mass is 9.89. The molecule has 3 N–H and O–H groups in total. The van der Waals surface area contributed by atoms with Crippen molar-refractivity contribution in [3.8, 4) is 0 Å². The van der Waals surface area contributed by atoms with E-state index in [9.17, 15) is 4.79 Å². The highest BCUT2D eigenvalue weighted by Gasteiger charge is 2.29. The Bertz CT molecular complexity index is 328. The van der Waals surface area contributed by atoms with Crippen molar-refractivity contribution >= 4 is 17.2 Å². The van der Waals surface area contributed by atoms with Crippen LogP contribution in [0.1, 0.15) is 42.5 Å². The molecule has 82 valence electrons. The van der Waals surface area contributed by atoms with Gasteiger partial charge in [-0.05, 0) is 37.1 Å². The molecular weight excluding hydrogens is 208 g/mol. The molecule has 0 spiro atoms. The molecule has 1 amide bonds. The van der Waals surface area contributed by atoms with Crippen LogP contribution in [0.2, 0.25) is 0 Å². The van der Waals surface area contributed by atoms with Gasteiger partial charge in [0.2, 0.25) is 0 Å². The number of rotatable bonds is 2. The van der Waals surface area contributed by atoms with Crippen LogP contribution in [0.15, 0.2) is 16.8 Å². The average Bonchev–Trinajstić information content (AvgIpc) is 2.70. The SMILES string of the molecule is NC1(NC(=O)c2ccsc2)CCCCC1. The van der Waals surface area contributed by atoms with Gasteiger partial charge in [0.15, 0.2) is 0 Å². The van der Waals surface area contributed by atoms with Crippen LogP contribution < -0.4 is 11.1 Å². The Labute approximate surface area is 93.7 Å². The molecule has 1 fully saturated rings. The number of hydrogen-bond acceptors (Lipinski definition) is 3. The van der Waals surface area contributed by atoms with Crippen molar-refractivity contribution in [1.29, 1.82) is 0 Å². The fraction of sp³-hybridized carbons (Fsp3) is 0.545. The third-order valence-corrected chi connectivity index (χ3v) is 3.57. The summed E-state index contributed by atoms with van der Waals surface area (Å²) in [5.41, 5.74) is 6.38. The van der Waals surface area contributed by atoms with E-state index in [1.165, 1.54) is 17.8 Å². The highest BCUT2D eigenvalue weighted by atomic mass is 32.1. The van der Waals surface area contributed by atoms with Gasteiger partial charge < -0.3 is 11.1 Å². The quantitative estimate of drug-likeness (QED) is 0.756. The van der Waals surface area contributed by atoms with E-state index in [1.54, 1.807) is 0 Å². The molecule has 0 saturated heterocycles. The van der Waals surface area contributed by atoms with Gasteiger partial charge >= 0.3 is 0 Å². The van der Waals surface area contributed by atoms with Crippen molar-refractivity contribution in [2.45, 2.75) is 37.8 Å². The summed E-state index contributed by atoms with van der Waals surface area (Å²) in [5.74, 6) is -0.0411. The number of thiophene rings is 1. The molecule has 15 heavy (non-hydrogen) atoms. The Balaban J connectivity index is 1.98. The predicted octanol–water partition coefficient (Wildman–Crippen LogP) is 2.10. The molecule has 3 nitrogen and oxygen atoms in total. The van der Waals surface area contributed by atoms with Gasteiger partial charge in [0, 0.05) is 5.38 Å². The van der Waals surface area contributed by atoms with Gasteiger partial charge in [0.1, 0.15) is 0 Å². The Hall–Kier alpha value is -0.870. The number of carbonyl (C=O) groups excluding carboxylic acids is 1. The van der Waals surface area contributed by atoms with Crippen LogP contribution in [0.4, 0.5) is 0 Å². The zero-order chi connectivity index (χ0) is 10.7. The minimum Gasteiger partial charge on any atom is -0.334 e. The van der Waals surface area contributed by atoms with Gasteiger partial charge in [0.05, 0.1) is 11.2 Å². The molecule has 1 aliphatic rings. The second kappa shape index (κ2) is 4.33. The van der Waals surface area contributed by atoms with Crippen molar-refractivity contribution in [2.75, 3.05) is 0 Å². The molecular formula is C11H16N2OS. The number of amides is 1. The number of carbonyl (C=O) groups is 1. The monoisotopic (exact) mass is 224 g/mol. The fourth-order valence-electron chi connectivity index (χ4n) is 2.00. The first-order valence-corrected chi connectivity index (χ1v) is 6.27. The molecule has 1 saturated carbocycles. The first-order valence-electron chi connectivity index (χ1n) is 5.33. The van der Waals surface area contributed by atoms with Crippen LogP contribution in [0.5, 0.6) is 0 Å². The van der Waals surface area contributed by atoms with Gasteiger partial charge in [-0.1, -0.05) is 6.42 Å². The zero-order valence-corrected chi connectivity index (χ0v) is 9.48. The molecule has 1 aromatic heterocycles. The van der Waals surface area contributed by atoms with E-state index < -0.39 is 5.66 Å². The van der Waals surface area contributed by atoms with Crippen molar-refractivity contribution in [2.24, 2.45) is 5.73 Å². The van der Waals surface area contributed by atoms with Gasteiger partial charge in [0.25, 0.3) is 5.91 Å². The maximum atomic E-state index is 11.8. The largest absolute Gasteiger partial charge is 0.334 e. The smallest absolute Gasteiger partial charge is 0.253 e. The Morgan fingerprint density at radius 3 is 2.73 bits per heavy atom. The third-order valence-electron chi connectivity index (χ3n) is 2.89. The molecule has 0 atom stereocenters. The van der Waals surface area contributed by atoms with Crippen LogP contribution in [0.25, 0.3) is 0 Å². The Morgan fingerprint density at radius 1 is 1.40 bits per heavy atom. The van der Waals surface area contributed by atoms with Gasteiger partial charge in [-0.3, -0.25) is 4.79 Å². The van der Waals surface area contributed by atoms with Crippen LogP contribution >= 0.6 is 11.3 Å². The van der Waals surface area contributed by atoms with Crippen molar-refractivity contribution in [3.63, 3.8) is 0 Å². The molecule has 0 unspecified atom stereocenters. The van der Waals surface area contributed by atoms with E-state index in [1.807, 2.05) is 16.8 Å². The molecule has 0 radical (unpaired) electrons. The highest BCUT2D eigenvalue weighted by molar-refractivity contribution is 7.08. The number of hydrogen-bond donors (Lipinski definition) is 2. The van der Waals surface area contributed by atoms with E-state index in [4.69, 9.17) is 5.73 Å². The van der Waals surface area contributed by atoms with Gasteiger partial charge in [-0.25, -0.2) is 0 Å². The molecule has 2 rings (SSSR count). The summed E-state index contributed by atoms with van der Waals surface area (Å²) in [5, 5.41) is 6.69. The van der Waals surface area contributed by atoms with Crippen molar-refractivity contribution < 1.29 is 4.79 Å². The van der Waals surface area contributed by atoms with E-state index in [0.29, 0.717) is 0 Å². The molecule has 1 aromatic rings. The summed E-state index contributed by atoms with van der Waals surface area (Å²) in [7, 11) is 0. The number of nitrogens with two attached hydrogens (primary N) is 1. The Morgan fingerprint density at radius 2 is 2.13 bits per heavy atom. The summed E-state index contributed by atoms with van der Waals surface area (Å²) >= 11 is 1.53. The highest BCUT2D eigenvalue weighted by Crippen LogP contribution is 2.24. The van der Waals surface area contributed by atoms with E-state index >= 15 is 0 Å². The van der Waals surface area contributed by atoms with E-state index in [-0.39, 0.29) is 5.91 Å². The maximum absolute atomic E-state index is 11.8. The lowest BCUT2D eigenvalue weighted by Gasteiger charge is -2.34. The minimum absolute atomic E-state index is 0.0411. The standard InChI is InChI=1S/C11H16N2OS/c12-11(5-2-1-3-6-11)13-10(14)9-4-7-15-8-9/h4,7-8H,1-3,5-6,12H2,(H,13,14). The third kappa shape index (κ3) is 2.58. The summed E-state index contributed by atoms with van der Waals surface area (Å²) in [6.45, 7) is 0. The average molecular weight is 224 g/mol. The lowest BCUT2D eigenvalue weighted by molar-refractivity contribution is 0.0874. The summed E-state index contributed by atoms with van der Waals surface area (Å²) in [6, 6.07) is 1.83. The molecule has 1 aliphatic carbocycles. The fourth-order valence-corrected chi connectivity index (χ4v) is 2.64. The lowest BCUT2D eigenvalue weighted by Crippen LogP contribution is -2.56. The normalized spacial score (nSPS) is 19.8.